The molecule has 2 aliphatic heterocycles. The number of sulfonamides is 1. The summed E-state index contributed by atoms with van der Waals surface area (Å²) in [4.78, 5) is 49.1. The number of aromatic nitrogens is 2. The smallest absolute Gasteiger partial charge is 0.410 e. The minimum atomic E-state index is -4.01. The lowest BCUT2D eigenvalue weighted by molar-refractivity contribution is -0.138. The van der Waals surface area contributed by atoms with Crippen LogP contribution in [0.1, 0.15) is 26.7 Å². The number of Topliss-reactive ketones (excluding diaryl/α,β-unsaturated/α-hetero) is 1. The Morgan fingerprint density at radius 1 is 1.10 bits per heavy atom. The standard InChI is InChI=1S/C27H29N5O6S/c1-17(2)14-21(30-27(35)38-19-8-9-20-18(15-19)6-5-12-28-20)26(34)31-13-10-22-25(31)23(33)16-32(22)39(36,37)24-7-3-4-11-29-24/h3-9,11-12,15,17,21-22,25H,10,13-14,16H2,1-2H3,(H,30,35). The van der Waals surface area contributed by atoms with Crippen LogP contribution in [0, 0.1) is 5.92 Å². The van der Waals surface area contributed by atoms with E-state index >= 15 is 0 Å². The van der Waals surface area contributed by atoms with Gasteiger partial charge in [-0.2, -0.15) is 4.31 Å². The molecule has 0 saturated carbocycles. The molecule has 2 saturated heterocycles. The lowest BCUT2D eigenvalue weighted by atomic mass is 10.0. The van der Waals surface area contributed by atoms with Crippen LogP contribution in [-0.4, -0.2) is 76.6 Å². The Bertz CT molecular complexity index is 1510. The van der Waals surface area contributed by atoms with Crippen molar-refractivity contribution in [1.82, 2.24) is 24.5 Å². The van der Waals surface area contributed by atoms with Gasteiger partial charge in [-0.3, -0.25) is 14.6 Å². The third-order valence-electron chi connectivity index (χ3n) is 6.95. The SMILES string of the molecule is CC(C)CC(NC(=O)Oc1ccc2ncccc2c1)C(=O)N1CCC2C1C(=O)CN2S(=O)(=O)c1ccccn1. The Morgan fingerprint density at radius 3 is 2.64 bits per heavy atom. The van der Waals surface area contributed by atoms with E-state index in [1.165, 1.54) is 17.2 Å². The molecule has 3 unspecified atom stereocenters. The van der Waals surface area contributed by atoms with Crippen molar-refractivity contribution in [3.8, 4) is 5.75 Å². The first-order valence-electron chi connectivity index (χ1n) is 12.7. The normalized spacial score (nSPS) is 20.3. The molecular weight excluding hydrogens is 522 g/mol. The fraction of sp³-hybridized carbons (Fsp3) is 0.370. The Kier molecular flexibility index (Phi) is 7.32. The van der Waals surface area contributed by atoms with Crippen molar-refractivity contribution in [3.63, 3.8) is 0 Å². The number of fused-ring (bicyclic) bond motifs is 2. The van der Waals surface area contributed by atoms with Gasteiger partial charge in [0.25, 0.3) is 10.0 Å². The topological polar surface area (TPSA) is 139 Å². The summed E-state index contributed by atoms with van der Waals surface area (Å²) in [5, 5.41) is 3.32. The third-order valence-corrected chi connectivity index (χ3v) is 8.74. The van der Waals surface area contributed by atoms with Gasteiger partial charge < -0.3 is 15.0 Å². The summed E-state index contributed by atoms with van der Waals surface area (Å²) in [6.45, 7) is 3.69. The van der Waals surface area contributed by atoms with Gasteiger partial charge in [-0.1, -0.05) is 26.0 Å². The highest BCUT2D eigenvalue weighted by Gasteiger charge is 2.54. The van der Waals surface area contributed by atoms with Gasteiger partial charge in [-0.05, 0) is 55.2 Å². The van der Waals surface area contributed by atoms with E-state index in [1.54, 1.807) is 42.6 Å². The minimum Gasteiger partial charge on any atom is -0.410 e. The number of carbonyl (C=O) groups excluding carboxylic acids is 3. The second kappa shape index (κ2) is 10.7. The summed E-state index contributed by atoms with van der Waals surface area (Å²) in [6, 6.07) is 10.6. The quantitative estimate of drug-likeness (QED) is 0.472. The zero-order chi connectivity index (χ0) is 27.7. The van der Waals surface area contributed by atoms with E-state index in [2.05, 4.69) is 15.3 Å². The zero-order valence-corrected chi connectivity index (χ0v) is 22.4. The molecule has 2 aromatic heterocycles. The van der Waals surface area contributed by atoms with Crippen molar-refractivity contribution >= 4 is 38.7 Å². The second-order valence-electron chi connectivity index (χ2n) is 10.1. The highest BCUT2D eigenvalue weighted by atomic mass is 32.2. The van der Waals surface area contributed by atoms with Gasteiger partial charge >= 0.3 is 6.09 Å². The molecule has 0 radical (unpaired) electrons. The predicted molar refractivity (Wildman–Crippen MR) is 141 cm³/mol. The van der Waals surface area contributed by atoms with Crippen molar-refractivity contribution in [2.24, 2.45) is 5.92 Å². The number of benzene rings is 1. The fourth-order valence-electron chi connectivity index (χ4n) is 5.25. The van der Waals surface area contributed by atoms with E-state index in [0.29, 0.717) is 18.6 Å². The molecule has 1 N–H and O–H groups in total. The first kappa shape index (κ1) is 26.7. The van der Waals surface area contributed by atoms with E-state index in [0.717, 1.165) is 15.2 Å². The summed E-state index contributed by atoms with van der Waals surface area (Å²) in [7, 11) is -4.01. The molecule has 2 amide bonds. The molecule has 1 aromatic carbocycles. The van der Waals surface area contributed by atoms with Crippen LogP contribution in [0.15, 0.2) is 66.0 Å². The van der Waals surface area contributed by atoms with Crippen LogP contribution in [0.2, 0.25) is 0 Å². The first-order chi connectivity index (χ1) is 18.6. The summed E-state index contributed by atoms with van der Waals surface area (Å²) in [6.07, 6.45) is 2.86. The fourth-order valence-corrected chi connectivity index (χ4v) is 6.81. The van der Waals surface area contributed by atoms with Gasteiger partial charge in [0.2, 0.25) is 5.91 Å². The second-order valence-corrected chi connectivity index (χ2v) is 11.9. The van der Waals surface area contributed by atoms with Crippen LogP contribution in [0.3, 0.4) is 0 Å². The third kappa shape index (κ3) is 5.34. The molecule has 3 aromatic rings. The summed E-state index contributed by atoms with van der Waals surface area (Å²) >= 11 is 0. The van der Waals surface area contributed by atoms with Crippen LogP contribution in [-0.2, 0) is 19.6 Å². The zero-order valence-electron chi connectivity index (χ0n) is 21.6. The van der Waals surface area contributed by atoms with Gasteiger partial charge in [0, 0.05) is 24.3 Å². The average molecular weight is 552 g/mol. The number of carbonyl (C=O) groups is 3. The van der Waals surface area contributed by atoms with Crippen molar-refractivity contribution in [2.75, 3.05) is 13.1 Å². The Hall–Kier alpha value is -3.90. The molecule has 11 nitrogen and oxygen atoms in total. The van der Waals surface area contributed by atoms with Crippen molar-refractivity contribution in [3.05, 3.63) is 60.9 Å². The molecule has 5 rings (SSSR count). The highest BCUT2D eigenvalue weighted by Crippen LogP contribution is 2.34. The number of hydrogen-bond acceptors (Lipinski definition) is 8. The molecule has 0 spiro atoms. The lowest BCUT2D eigenvalue weighted by Gasteiger charge is -2.28. The van der Waals surface area contributed by atoms with E-state index in [9.17, 15) is 22.8 Å². The van der Waals surface area contributed by atoms with E-state index in [1.807, 2.05) is 19.9 Å². The van der Waals surface area contributed by atoms with Crippen LogP contribution < -0.4 is 10.1 Å². The van der Waals surface area contributed by atoms with E-state index < -0.39 is 40.1 Å². The number of pyridine rings is 2. The highest BCUT2D eigenvalue weighted by molar-refractivity contribution is 7.89. The summed E-state index contributed by atoms with van der Waals surface area (Å²) in [5.41, 5.74) is 0.752. The number of nitrogens with zero attached hydrogens (tertiary/aromatic N) is 4. The first-order valence-corrected chi connectivity index (χ1v) is 14.2. The molecule has 204 valence electrons. The molecular formula is C27H29N5O6S. The van der Waals surface area contributed by atoms with Crippen LogP contribution in [0.5, 0.6) is 5.75 Å². The molecule has 2 fully saturated rings. The maximum Gasteiger partial charge on any atom is 0.413 e. The van der Waals surface area contributed by atoms with Gasteiger partial charge in [0.15, 0.2) is 10.8 Å². The number of hydrogen-bond donors (Lipinski definition) is 1. The lowest BCUT2D eigenvalue weighted by Crippen LogP contribution is -2.53. The molecule has 4 heterocycles. The van der Waals surface area contributed by atoms with Gasteiger partial charge in [-0.25, -0.2) is 18.2 Å². The number of rotatable bonds is 7. The molecule has 0 aliphatic carbocycles. The monoisotopic (exact) mass is 551 g/mol. The Morgan fingerprint density at radius 2 is 1.90 bits per heavy atom. The largest absolute Gasteiger partial charge is 0.413 e. The van der Waals surface area contributed by atoms with Gasteiger partial charge in [0.05, 0.1) is 18.1 Å². The number of likely N-dealkylation sites (tertiary alicyclic amines) is 1. The Balaban J connectivity index is 1.31. The molecule has 0 bridgehead atoms. The van der Waals surface area contributed by atoms with Crippen molar-refractivity contribution in [2.45, 2.75) is 49.8 Å². The minimum absolute atomic E-state index is 0.0460. The molecule has 39 heavy (non-hydrogen) atoms. The number of ketones is 1. The average Bonchev–Trinajstić information content (AvgIpc) is 3.49. The predicted octanol–water partition coefficient (Wildman–Crippen LogP) is 2.38. The summed E-state index contributed by atoms with van der Waals surface area (Å²) in [5.74, 6) is -0.460. The number of amides is 2. The van der Waals surface area contributed by atoms with Gasteiger partial charge in [-0.15, -0.1) is 0 Å². The number of ether oxygens (including phenoxy) is 1. The molecule has 2 aliphatic rings. The van der Waals surface area contributed by atoms with E-state index in [4.69, 9.17) is 4.74 Å². The van der Waals surface area contributed by atoms with Crippen LogP contribution in [0.25, 0.3) is 10.9 Å². The maximum atomic E-state index is 13.7. The summed E-state index contributed by atoms with van der Waals surface area (Å²) < 4.78 is 33.0. The van der Waals surface area contributed by atoms with Crippen LogP contribution in [0.4, 0.5) is 4.79 Å². The van der Waals surface area contributed by atoms with Crippen molar-refractivity contribution in [1.29, 1.82) is 0 Å². The maximum absolute atomic E-state index is 13.7. The van der Waals surface area contributed by atoms with Gasteiger partial charge in [0.1, 0.15) is 17.8 Å². The van der Waals surface area contributed by atoms with E-state index in [-0.39, 0.29) is 29.8 Å². The Labute approximate surface area is 226 Å². The molecule has 3 atom stereocenters. The molecule has 12 heteroatoms. The number of nitrogens with one attached hydrogen (secondary N) is 1. The van der Waals surface area contributed by atoms with Crippen LogP contribution >= 0.6 is 0 Å². The van der Waals surface area contributed by atoms with Crippen molar-refractivity contribution < 1.29 is 27.5 Å².